The molecule has 0 unspecified atom stereocenters. The van der Waals surface area contributed by atoms with E-state index in [1.165, 1.54) is 6.26 Å². The molecule has 22 heavy (non-hydrogen) atoms. The van der Waals surface area contributed by atoms with E-state index < -0.39 is 0 Å². The van der Waals surface area contributed by atoms with Crippen LogP contribution in [0.25, 0.3) is 0 Å². The van der Waals surface area contributed by atoms with Crippen LogP contribution in [0, 0.1) is 0 Å². The van der Waals surface area contributed by atoms with Crippen molar-refractivity contribution in [1.82, 2.24) is 10.6 Å². The van der Waals surface area contributed by atoms with Gasteiger partial charge >= 0.3 is 0 Å². The van der Waals surface area contributed by atoms with E-state index in [9.17, 15) is 9.59 Å². The minimum atomic E-state index is -0.334. The van der Waals surface area contributed by atoms with E-state index in [2.05, 4.69) is 10.6 Å². The van der Waals surface area contributed by atoms with Crippen LogP contribution in [0.4, 0.5) is 0 Å². The first-order chi connectivity index (χ1) is 10.7. The number of rotatable bonds is 3. The molecule has 0 saturated carbocycles. The van der Waals surface area contributed by atoms with Crippen LogP contribution < -0.4 is 10.6 Å². The first-order valence-corrected chi connectivity index (χ1v) is 7.50. The molecule has 1 saturated heterocycles. The van der Waals surface area contributed by atoms with Gasteiger partial charge in [0.1, 0.15) is 12.0 Å². The second kappa shape index (κ2) is 6.50. The molecule has 2 amide bonds. The fourth-order valence-electron chi connectivity index (χ4n) is 2.92. The summed E-state index contributed by atoms with van der Waals surface area (Å²) < 4.78 is 16.2. The van der Waals surface area contributed by atoms with Crippen molar-refractivity contribution in [2.45, 2.75) is 31.4 Å². The molecule has 0 radical (unpaired) electrons. The van der Waals surface area contributed by atoms with Crippen LogP contribution in [0.3, 0.4) is 0 Å². The Morgan fingerprint density at radius 1 is 1.50 bits per heavy atom. The third-order valence-electron chi connectivity index (χ3n) is 4.12. The van der Waals surface area contributed by atoms with E-state index in [0.717, 1.165) is 12.8 Å². The zero-order valence-corrected chi connectivity index (χ0v) is 12.5. The standard InChI is InChI=1S/C15H20N2O5/c1-20-11-4-6-21-8-10(11)17-14(18)9-7-22-12-3-2-5-16-15(19)13(9)12/h7,10-11H,2-6,8H2,1H3,(H,16,19)(H,17,18)/t10-,11-/m1/s1. The molecule has 2 N–H and O–H groups in total. The predicted molar refractivity (Wildman–Crippen MR) is 76.8 cm³/mol. The normalized spacial score (nSPS) is 25.0. The third-order valence-corrected chi connectivity index (χ3v) is 4.12. The van der Waals surface area contributed by atoms with Crippen LogP contribution in [0.15, 0.2) is 10.7 Å². The summed E-state index contributed by atoms with van der Waals surface area (Å²) in [7, 11) is 1.62. The molecule has 0 bridgehead atoms. The maximum atomic E-state index is 12.5. The highest BCUT2D eigenvalue weighted by Gasteiger charge is 2.31. The fraction of sp³-hybridized carbons (Fsp3) is 0.600. The largest absolute Gasteiger partial charge is 0.468 e. The Kier molecular flexibility index (Phi) is 4.44. The van der Waals surface area contributed by atoms with Gasteiger partial charge < -0.3 is 24.5 Å². The number of carbonyl (C=O) groups excluding carboxylic acids is 2. The summed E-state index contributed by atoms with van der Waals surface area (Å²) in [5.74, 6) is -0.0162. The molecule has 2 aliphatic heterocycles. The Morgan fingerprint density at radius 2 is 2.36 bits per heavy atom. The van der Waals surface area contributed by atoms with Gasteiger partial charge in [-0.3, -0.25) is 9.59 Å². The van der Waals surface area contributed by atoms with Crippen LogP contribution in [-0.4, -0.2) is 50.8 Å². The molecule has 7 nitrogen and oxygen atoms in total. The predicted octanol–water partition coefficient (Wildman–Crippen LogP) is 0.489. The molecule has 0 spiro atoms. The first-order valence-electron chi connectivity index (χ1n) is 7.50. The number of hydrogen-bond donors (Lipinski definition) is 2. The summed E-state index contributed by atoms with van der Waals surface area (Å²) in [6.45, 7) is 1.61. The van der Waals surface area contributed by atoms with Crippen LogP contribution in [0.1, 0.15) is 39.3 Å². The SMILES string of the molecule is CO[C@@H]1CCOC[C@H]1NC(=O)c1coc2c1C(=O)NCCC2. The highest BCUT2D eigenvalue weighted by Crippen LogP contribution is 2.22. The molecule has 1 aromatic heterocycles. The zero-order chi connectivity index (χ0) is 15.5. The van der Waals surface area contributed by atoms with Gasteiger partial charge in [-0.1, -0.05) is 0 Å². The van der Waals surface area contributed by atoms with Crippen molar-refractivity contribution < 1.29 is 23.5 Å². The Labute approximate surface area is 128 Å². The van der Waals surface area contributed by atoms with Crippen molar-refractivity contribution in [1.29, 1.82) is 0 Å². The number of ether oxygens (including phenoxy) is 2. The smallest absolute Gasteiger partial charge is 0.255 e. The van der Waals surface area contributed by atoms with Crippen molar-refractivity contribution >= 4 is 11.8 Å². The second-order valence-corrected chi connectivity index (χ2v) is 5.52. The molecular formula is C15H20N2O5. The summed E-state index contributed by atoms with van der Waals surface area (Å²) in [6.07, 6.45) is 3.45. The second-order valence-electron chi connectivity index (χ2n) is 5.52. The van der Waals surface area contributed by atoms with Gasteiger partial charge in [0.2, 0.25) is 0 Å². The molecule has 0 aliphatic carbocycles. The van der Waals surface area contributed by atoms with Crippen molar-refractivity contribution in [3.63, 3.8) is 0 Å². The molecule has 1 fully saturated rings. The minimum absolute atomic E-state index is 0.0861. The number of furan rings is 1. The number of methoxy groups -OCH3 is 1. The van der Waals surface area contributed by atoms with Gasteiger partial charge in [0.25, 0.3) is 11.8 Å². The van der Waals surface area contributed by atoms with Gasteiger partial charge in [-0.2, -0.15) is 0 Å². The number of fused-ring (bicyclic) bond motifs is 1. The maximum absolute atomic E-state index is 12.5. The van der Waals surface area contributed by atoms with Crippen LogP contribution in [-0.2, 0) is 15.9 Å². The summed E-state index contributed by atoms with van der Waals surface area (Å²) >= 11 is 0. The molecule has 1 aromatic rings. The molecular weight excluding hydrogens is 288 g/mol. The van der Waals surface area contributed by atoms with E-state index in [1.54, 1.807) is 7.11 Å². The summed E-state index contributed by atoms with van der Waals surface area (Å²) in [5.41, 5.74) is 0.621. The third kappa shape index (κ3) is 2.86. The highest BCUT2D eigenvalue weighted by atomic mass is 16.5. The molecule has 7 heteroatoms. The Bertz CT molecular complexity index is 568. The Hall–Kier alpha value is -1.86. The molecule has 0 aromatic carbocycles. The lowest BCUT2D eigenvalue weighted by atomic mass is 10.0. The van der Waals surface area contributed by atoms with Crippen LogP contribution in [0.2, 0.25) is 0 Å². The summed E-state index contributed by atoms with van der Waals surface area (Å²) in [6, 6.07) is -0.231. The Morgan fingerprint density at radius 3 is 3.18 bits per heavy atom. The van der Waals surface area contributed by atoms with E-state index in [0.29, 0.717) is 37.5 Å². The van der Waals surface area contributed by atoms with Crippen molar-refractivity contribution in [3.8, 4) is 0 Å². The molecule has 3 rings (SSSR count). The number of amides is 2. The molecule has 2 atom stereocenters. The molecule has 120 valence electrons. The topological polar surface area (TPSA) is 89.8 Å². The monoisotopic (exact) mass is 308 g/mol. The van der Waals surface area contributed by atoms with Crippen LogP contribution >= 0.6 is 0 Å². The lowest BCUT2D eigenvalue weighted by Crippen LogP contribution is -2.50. The average molecular weight is 308 g/mol. The van der Waals surface area contributed by atoms with Gasteiger partial charge in [-0.25, -0.2) is 0 Å². The van der Waals surface area contributed by atoms with E-state index >= 15 is 0 Å². The fourth-order valence-corrected chi connectivity index (χ4v) is 2.92. The van der Waals surface area contributed by atoms with E-state index in [-0.39, 0.29) is 29.5 Å². The quantitative estimate of drug-likeness (QED) is 0.848. The van der Waals surface area contributed by atoms with Crippen molar-refractivity contribution in [2.75, 3.05) is 26.9 Å². The first kappa shape index (κ1) is 15.1. The highest BCUT2D eigenvalue weighted by molar-refractivity contribution is 6.08. The lowest BCUT2D eigenvalue weighted by molar-refractivity contribution is -0.0349. The maximum Gasteiger partial charge on any atom is 0.255 e. The van der Waals surface area contributed by atoms with Gasteiger partial charge in [0.15, 0.2) is 0 Å². The number of hydrogen-bond acceptors (Lipinski definition) is 5. The van der Waals surface area contributed by atoms with Gasteiger partial charge in [-0.05, 0) is 12.8 Å². The molecule has 3 heterocycles. The van der Waals surface area contributed by atoms with E-state index in [1.807, 2.05) is 0 Å². The van der Waals surface area contributed by atoms with Crippen molar-refractivity contribution in [3.05, 3.63) is 23.2 Å². The zero-order valence-electron chi connectivity index (χ0n) is 12.5. The van der Waals surface area contributed by atoms with E-state index in [4.69, 9.17) is 13.9 Å². The average Bonchev–Trinajstić information content (AvgIpc) is 2.87. The number of carbonyl (C=O) groups is 2. The number of aryl methyl sites for hydroxylation is 1. The lowest BCUT2D eigenvalue weighted by Gasteiger charge is -2.30. The van der Waals surface area contributed by atoms with Gasteiger partial charge in [-0.15, -0.1) is 0 Å². The van der Waals surface area contributed by atoms with Crippen LogP contribution in [0.5, 0.6) is 0 Å². The van der Waals surface area contributed by atoms with Gasteiger partial charge in [0, 0.05) is 26.7 Å². The van der Waals surface area contributed by atoms with Gasteiger partial charge in [0.05, 0.1) is 29.9 Å². The summed E-state index contributed by atoms with van der Waals surface area (Å²) in [4.78, 5) is 24.6. The van der Waals surface area contributed by atoms with Crippen molar-refractivity contribution in [2.24, 2.45) is 0 Å². The minimum Gasteiger partial charge on any atom is -0.468 e. The summed E-state index contributed by atoms with van der Waals surface area (Å²) in [5, 5.41) is 5.66. The Balaban J connectivity index is 1.78. The number of nitrogens with one attached hydrogen (secondary N) is 2. The molecule has 2 aliphatic rings.